The zero-order valence-corrected chi connectivity index (χ0v) is 12.8. The molecule has 0 bridgehead atoms. The first-order valence-electron chi connectivity index (χ1n) is 7.18. The van der Waals surface area contributed by atoms with Gasteiger partial charge in [0.05, 0.1) is 5.02 Å². The van der Waals surface area contributed by atoms with Crippen LogP contribution in [0.5, 0.6) is 0 Å². The normalized spacial score (nSPS) is 11.5. The predicted molar refractivity (Wildman–Crippen MR) is 92.1 cm³/mol. The highest BCUT2D eigenvalue weighted by Crippen LogP contribution is 2.29. The van der Waals surface area contributed by atoms with Crippen LogP contribution in [0.1, 0.15) is 11.7 Å². The summed E-state index contributed by atoms with van der Waals surface area (Å²) in [7, 11) is 0. The number of aromatic nitrogens is 1. The van der Waals surface area contributed by atoms with E-state index in [1.54, 1.807) is 6.08 Å². The summed E-state index contributed by atoms with van der Waals surface area (Å²) in [6.07, 6.45) is 3.61. The lowest BCUT2D eigenvalue weighted by atomic mass is 10.2. The van der Waals surface area contributed by atoms with Gasteiger partial charge in [-0.2, -0.15) is 0 Å². The van der Waals surface area contributed by atoms with Gasteiger partial charge < -0.3 is 8.83 Å². The van der Waals surface area contributed by atoms with Crippen LogP contribution in [-0.2, 0) is 0 Å². The third kappa shape index (κ3) is 2.79. The van der Waals surface area contributed by atoms with Gasteiger partial charge >= 0.3 is 0 Å². The van der Waals surface area contributed by atoms with Gasteiger partial charge in [0.15, 0.2) is 5.58 Å². The number of halogens is 1. The number of para-hydroxylation sites is 2. The molecule has 0 atom stereocenters. The highest BCUT2D eigenvalue weighted by atomic mass is 35.5. The van der Waals surface area contributed by atoms with Crippen LogP contribution in [0, 0.1) is 0 Å². The van der Waals surface area contributed by atoms with Gasteiger partial charge in [-0.1, -0.05) is 35.9 Å². The highest BCUT2D eigenvalue weighted by Gasteiger charge is 2.07. The Kier molecular flexibility index (Phi) is 3.48. The fraction of sp³-hybridized carbons (Fsp3) is 0. The van der Waals surface area contributed by atoms with E-state index >= 15 is 0 Å². The van der Waals surface area contributed by atoms with E-state index in [0.717, 1.165) is 22.4 Å². The van der Waals surface area contributed by atoms with Gasteiger partial charge in [-0.15, -0.1) is 0 Å². The summed E-state index contributed by atoms with van der Waals surface area (Å²) in [6.45, 7) is 0. The van der Waals surface area contributed by atoms with E-state index in [1.807, 2.05) is 66.7 Å². The summed E-state index contributed by atoms with van der Waals surface area (Å²) in [5.41, 5.74) is 2.47. The van der Waals surface area contributed by atoms with E-state index in [-0.39, 0.29) is 0 Å². The van der Waals surface area contributed by atoms with Crippen molar-refractivity contribution in [3.05, 3.63) is 77.3 Å². The molecule has 4 aromatic rings. The standard InChI is InChI=1S/C19H12ClNO2/c20-15-6-2-1-5-14(15)17-11-9-13(22-17)10-12-19-21-16-7-3-4-8-18(16)23-19/h1-12H/b12-10+. The summed E-state index contributed by atoms with van der Waals surface area (Å²) in [6, 6.07) is 19.0. The highest BCUT2D eigenvalue weighted by molar-refractivity contribution is 6.33. The van der Waals surface area contributed by atoms with Crippen LogP contribution in [0.15, 0.2) is 69.5 Å². The lowest BCUT2D eigenvalue weighted by molar-refractivity contribution is 0.570. The molecule has 0 fully saturated rings. The first kappa shape index (κ1) is 13.9. The van der Waals surface area contributed by atoms with Crippen LogP contribution < -0.4 is 0 Å². The second-order valence-electron chi connectivity index (χ2n) is 5.04. The van der Waals surface area contributed by atoms with Crippen LogP contribution in [0.2, 0.25) is 5.02 Å². The molecule has 0 unspecified atom stereocenters. The lowest BCUT2D eigenvalue weighted by Gasteiger charge is -1.98. The van der Waals surface area contributed by atoms with Gasteiger partial charge in [-0.3, -0.25) is 0 Å². The van der Waals surface area contributed by atoms with Crippen molar-refractivity contribution in [1.82, 2.24) is 4.98 Å². The van der Waals surface area contributed by atoms with E-state index in [4.69, 9.17) is 20.4 Å². The van der Waals surface area contributed by atoms with Crippen molar-refractivity contribution in [2.24, 2.45) is 0 Å². The molecule has 112 valence electrons. The van der Waals surface area contributed by atoms with Crippen molar-refractivity contribution >= 4 is 34.9 Å². The van der Waals surface area contributed by atoms with Crippen LogP contribution in [0.4, 0.5) is 0 Å². The molecule has 2 aromatic heterocycles. The smallest absolute Gasteiger partial charge is 0.220 e. The van der Waals surface area contributed by atoms with Crippen LogP contribution in [0.3, 0.4) is 0 Å². The number of oxazole rings is 1. The Balaban J connectivity index is 1.61. The third-order valence-electron chi connectivity index (χ3n) is 3.47. The van der Waals surface area contributed by atoms with Gasteiger partial charge in [0.2, 0.25) is 5.89 Å². The number of hydrogen-bond acceptors (Lipinski definition) is 3. The minimum absolute atomic E-state index is 0.543. The van der Waals surface area contributed by atoms with E-state index < -0.39 is 0 Å². The number of nitrogens with zero attached hydrogens (tertiary/aromatic N) is 1. The van der Waals surface area contributed by atoms with Gasteiger partial charge in [0.1, 0.15) is 17.0 Å². The molecule has 0 aliphatic carbocycles. The molecule has 0 aliphatic heterocycles. The molecular formula is C19H12ClNO2. The molecule has 0 saturated heterocycles. The number of furan rings is 1. The lowest BCUT2D eigenvalue weighted by Crippen LogP contribution is -1.74. The van der Waals surface area contributed by atoms with Gasteiger partial charge in [0, 0.05) is 11.6 Å². The molecule has 0 N–H and O–H groups in total. The quantitative estimate of drug-likeness (QED) is 0.470. The predicted octanol–water partition coefficient (Wildman–Crippen LogP) is 5.91. The van der Waals surface area contributed by atoms with Crippen molar-refractivity contribution in [1.29, 1.82) is 0 Å². The molecule has 0 spiro atoms. The molecule has 23 heavy (non-hydrogen) atoms. The van der Waals surface area contributed by atoms with E-state index in [9.17, 15) is 0 Å². The average Bonchev–Trinajstić information content (AvgIpc) is 3.19. The Hall–Kier alpha value is -2.78. The summed E-state index contributed by atoms with van der Waals surface area (Å²) in [5, 5.41) is 0.663. The fourth-order valence-electron chi connectivity index (χ4n) is 2.36. The molecule has 0 amide bonds. The van der Waals surface area contributed by atoms with E-state index in [0.29, 0.717) is 16.7 Å². The van der Waals surface area contributed by atoms with Gasteiger partial charge in [-0.25, -0.2) is 4.98 Å². The molecular weight excluding hydrogens is 310 g/mol. The summed E-state index contributed by atoms with van der Waals surface area (Å²) >= 11 is 6.18. The van der Waals surface area contributed by atoms with Crippen LogP contribution in [0.25, 0.3) is 34.6 Å². The summed E-state index contributed by atoms with van der Waals surface area (Å²) < 4.78 is 11.4. The second-order valence-corrected chi connectivity index (χ2v) is 5.44. The monoisotopic (exact) mass is 321 g/mol. The Morgan fingerprint density at radius 1 is 0.826 bits per heavy atom. The largest absolute Gasteiger partial charge is 0.457 e. The minimum atomic E-state index is 0.543. The zero-order chi connectivity index (χ0) is 15.6. The summed E-state index contributed by atoms with van der Waals surface area (Å²) in [5.74, 6) is 1.98. The van der Waals surface area contributed by atoms with Crippen LogP contribution in [-0.4, -0.2) is 4.98 Å². The number of rotatable bonds is 3. The van der Waals surface area contributed by atoms with Gasteiger partial charge in [0.25, 0.3) is 0 Å². The number of benzene rings is 2. The third-order valence-corrected chi connectivity index (χ3v) is 3.80. The van der Waals surface area contributed by atoms with Crippen molar-refractivity contribution in [3.63, 3.8) is 0 Å². The van der Waals surface area contributed by atoms with Crippen molar-refractivity contribution in [3.8, 4) is 11.3 Å². The maximum Gasteiger partial charge on any atom is 0.220 e. The molecule has 2 aromatic carbocycles. The van der Waals surface area contributed by atoms with Crippen LogP contribution >= 0.6 is 11.6 Å². The van der Waals surface area contributed by atoms with Gasteiger partial charge in [-0.05, 0) is 42.5 Å². The van der Waals surface area contributed by atoms with Crippen molar-refractivity contribution < 1.29 is 8.83 Å². The molecule has 0 radical (unpaired) electrons. The maximum absolute atomic E-state index is 6.18. The molecule has 0 saturated carbocycles. The molecule has 0 aliphatic rings. The SMILES string of the molecule is Clc1ccccc1-c1ccc(/C=C/c2nc3ccccc3o2)o1. The Morgan fingerprint density at radius 3 is 2.52 bits per heavy atom. The number of fused-ring (bicyclic) bond motifs is 1. The zero-order valence-electron chi connectivity index (χ0n) is 12.1. The van der Waals surface area contributed by atoms with E-state index in [2.05, 4.69) is 4.98 Å². The first-order chi connectivity index (χ1) is 11.3. The van der Waals surface area contributed by atoms with E-state index in [1.165, 1.54) is 0 Å². The maximum atomic E-state index is 6.18. The molecule has 2 heterocycles. The van der Waals surface area contributed by atoms with Crippen molar-refractivity contribution in [2.45, 2.75) is 0 Å². The minimum Gasteiger partial charge on any atom is -0.457 e. The first-order valence-corrected chi connectivity index (χ1v) is 7.56. The Morgan fingerprint density at radius 2 is 1.65 bits per heavy atom. The Labute approximate surface area is 137 Å². The summed E-state index contributed by atoms with van der Waals surface area (Å²) in [4.78, 5) is 4.39. The molecule has 4 heteroatoms. The van der Waals surface area contributed by atoms with Crippen molar-refractivity contribution in [2.75, 3.05) is 0 Å². The molecule has 4 rings (SSSR count). The fourth-order valence-corrected chi connectivity index (χ4v) is 2.59. The number of hydrogen-bond donors (Lipinski definition) is 0. The Bertz CT molecular complexity index is 964. The molecule has 3 nitrogen and oxygen atoms in total. The average molecular weight is 322 g/mol. The second kappa shape index (κ2) is 5.78. The topological polar surface area (TPSA) is 39.2 Å².